The van der Waals surface area contributed by atoms with Gasteiger partial charge in [0.1, 0.15) is 0 Å². The van der Waals surface area contributed by atoms with Gasteiger partial charge in [-0.15, -0.1) is 0 Å². The van der Waals surface area contributed by atoms with Crippen LogP contribution in [0.4, 0.5) is 0 Å². The summed E-state index contributed by atoms with van der Waals surface area (Å²) in [5.74, 6) is 0. The van der Waals surface area contributed by atoms with Crippen molar-refractivity contribution in [3.05, 3.63) is 0 Å². The Balaban J connectivity index is 1.77. The fourth-order valence-corrected chi connectivity index (χ4v) is 3.15. The molecule has 0 spiro atoms. The molecule has 1 saturated carbocycles. The fourth-order valence-electron chi connectivity index (χ4n) is 3.15. The van der Waals surface area contributed by atoms with Gasteiger partial charge in [0.25, 0.3) is 0 Å². The number of aliphatic hydroxyl groups excluding tert-OH is 1. The molecule has 3 atom stereocenters. The first-order chi connectivity index (χ1) is 9.52. The fraction of sp³-hybridized carbons (Fsp3) is 1.00. The van der Waals surface area contributed by atoms with E-state index in [1.165, 1.54) is 32.1 Å². The Morgan fingerprint density at radius 3 is 2.65 bits per heavy atom. The van der Waals surface area contributed by atoms with Crippen LogP contribution in [0.2, 0.25) is 0 Å². The third kappa shape index (κ3) is 4.99. The lowest BCUT2D eigenvalue weighted by Crippen LogP contribution is -2.51. The van der Waals surface area contributed by atoms with Crippen LogP contribution in [0, 0.1) is 0 Å². The molecule has 1 aliphatic carbocycles. The van der Waals surface area contributed by atoms with Gasteiger partial charge in [-0.3, -0.25) is 0 Å². The van der Waals surface area contributed by atoms with E-state index in [1.54, 1.807) is 0 Å². The molecule has 0 aromatic heterocycles. The topological polar surface area (TPSA) is 44.7 Å². The lowest BCUT2D eigenvalue weighted by Gasteiger charge is -2.37. The third-order valence-electron chi connectivity index (χ3n) is 4.74. The van der Waals surface area contributed by atoms with Gasteiger partial charge in [0.05, 0.1) is 12.7 Å². The number of likely N-dealkylation sites (N-methyl/N-ethyl adjacent to an activating group) is 1. The molecular formula is C16H32N2O2. The quantitative estimate of drug-likeness (QED) is 0.713. The predicted molar refractivity (Wildman–Crippen MR) is 81.9 cm³/mol. The molecule has 2 rings (SSSR count). The first-order valence-corrected chi connectivity index (χ1v) is 8.23. The van der Waals surface area contributed by atoms with E-state index in [1.807, 2.05) is 0 Å². The van der Waals surface area contributed by atoms with Gasteiger partial charge in [-0.05, 0) is 59.4 Å². The molecule has 2 aliphatic rings. The number of nitrogens with zero attached hydrogens (tertiary/aromatic N) is 1. The number of ether oxygens (including phenoxy) is 1. The molecule has 3 unspecified atom stereocenters. The summed E-state index contributed by atoms with van der Waals surface area (Å²) >= 11 is 0. The van der Waals surface area contributed by atoms with Crippen LogP contribution in [-0.4, -0.2) is 60.5 Å². The van der Waals surface area contributed by atoms with E-state index >= 15 is 0 Å². The summed E-state index contributed by atoms with van der Waals surface area (Å²) in [6.07, 6.45) is 7.59. The Labute approximate surface area is 123 Å². The zero-order chi connectivity index (χ0) is 14.6. The average molecular weight is 284 g/mol. The number of rotatable bonds is 8. The molecule has 0 bridgehead atoms. The second-order valence-corrected chi connectivity index (χ2v) is 7.12. The highest BCUT2D eigenvalue weighted by atomic mass is 16.5. The number of nitrogens with one attached hydrogen (secondary N) is 1. The first-order valence-electron chi connectivity index (χ1n) is 8.23. The predicted octanol–water partition coefficient (Wildman–Crippen LogP) is 1.77. The van der Waals surface area contributed by atoms with E-state index in [0.29, 0.717) is 18.2 Å². The SMILES string of the molecule is CC(CC(C)(CO)NC1CC1)N(C)CC1CCCCO1. The van der Waals surface area contributed by atoms with Gasteiger partial charge in [0, 0.05) is 30.8 Å². The largest absolute Gasteiger partial charge is 0.394 e. The maximum atomic E-state index is 9.71. The Bertz CT molecular complexity index is 290. The molecule has 0 aromatic carbocycles. The molecular weight excluding hydrogens is 252 g/mol. The van der Waals surface area contributed by atoms with Crippen molar-refractivity contribution in [1.29, 1.82) is 0 Å². The highest BCUT2D eigenvalue weighted by molar-refractivity contribution is 4.94. The van der Waals surface area contributed by atoms with Gasteiger partial charge < -0.3 is 20.1 Å². The Morgan fingerprint density at radius 1 is 1.35 bits per heavy atom. The van der Waals surface area contributed by atoms with Crippen molar-refractivity contribution in [2.45, 2.75) is 76.1 Å². The van der Waals surface area contributed by atoms with Gasteiger partial charge in [0.2, 0.25) is 0 Å². The van der Waals surface area contributed by atoms with Crippen molar-refractivity contribution in [3.63, 3.8) is 0 Å². The lowest BCUT2D eigenvalue weighted by molar-refractivity contribution is -0.0103. The van der Waals surface area contributed by atoms with Crippen LogP contribution >= 0.6 is 0 Å². The number of hydrogen-bond acceptors (Lipinski definition) is 4. The molecule has 1 saturated heterocycles. The van der Waals surface area contributed by atoms with Crippen molar-refractivity contribution in [3.8, 4) is 0 Å². The van der Waals surface area contributed by atoms with E-state index in [4.69, 9.17) is 4.74 Å². The van der Waals surface area contributed by atoms with Crippen LogP contribution in [-0.2, 0) is 4.74 Å². The molecule has 2 fully saturated rings. The van der Waals surface area contributed by atoms with Crippen LogP contribution in [0.5, 0.6) is 0 Å². The summed E-state index contributed by atoms with van der Waals surface area (Å²) in [7, 11) is 2.18. The molecule has 1 aliphatic heterocycles. The van der Waals surface area contributed by atoms with E-state index < -0.39 is 0 Å². The standard InChI is InChI=1S/C16H32N2O2/c1-13(10-16(2,12-19)17-14-7-8-14)18(3)11-15-6-4-5-9-20-15/h13-15,17,19H,4-12H2,1-3H3. The summed E-state index contributed by atoms with van der Waals surface area (Å²) in [5, 5.41) is 13.3. The molecule has 4 heteroatoms. The van der Waals surface area contributed by atoms with Crippen LogP contribution in [0.25, 0.3) is 0 Å². The van der Waals surface area contributed by atoms with Gasteiger partial charge in [-0.25, -0.2) is 0 Å². The molecule has 20 heavy (non-hydrogen) atoms. The van der Waals surface area contributed by atoms with Crippen molar-refractivity contribution in [1.82, 2.24) is 10.2 Å². The monoisotopic (exact) mass is 284 g/mol. The Morgan fingerprint density at radius 2 is 2.10 bits per heavy atom. The van der Waals surface area contributed by atoms with Crippen molar-refractivity contribution in [2.75, 3.05) is 26.8 Å². The Hall–Kier alpha value is -0.160. The van der Waals surface area contributed by atoms with Gasteiger partial charge >= 0.3 is 0 Å². The van der Waals surface area contributed by atoms with Crippen LogP contribution in [0.1, 0.15) is 52.4 Å². The molecule has 2 N–H and O–H groups in total. The minimum atomic E-state index is -0.151. The van der Waals surface area contributed by atoms with E-state index in [2.05, 4.69) is 31.1 Å². The van der Waals surface area contributed by atoms with Gasteiger partial charge in [-0.1, -0.05) is 0 Å². The highest BCUT2D eigenvalue weighted by Gasteiger charge is 2.34. The summed E-state index contributed by atoms with van der Waals surface area (Å²) in [5.41, 5.74) is -0.151. The Kier molecular flexibility index (Phi) is 5.84. The van der Waals surface area contributed by atoms with E-state index in [0.717, 1.165) is 19.6 Å². The number of hydrogen-bond donors (Lipinski definition) is 2. The van der Waals surface area contributed by atoms with Crippen molar-refractivity contribution >= 4 is 0 Å². The highest BCUT2D eigenvalue weighted by Crippen LogP contribution is 2.25. The molecule has 0 amide bonds. The second kappa shape index (κ2) is 7.21. The minimum Gasteiger partial charge on any atom is -0.394 e. The summed E-state index contributed by atoms with van der Waals surface area (Å²) in [6.45, 7) is 6.54. The normalized spacial score (nSPS) is 28.4. The molecule has 118 valence electrons. The zero-order valence-electron chi connectivity index (χ0n) is 13.4. The minimum absolute atomic E-state index is 0.151. The van der Waals surface area contributed by atoms with E-state index in [9.17, 15) is 5.11 Å². The maximum Gasteiger partial charge on any atom is 0.0702 e. The van der Waals surface area contributed by atoms with Crippen LogP contribution in [0.3, 0.4) is 0 Å². The van der Waals surface area contributed by atoms with Crippen molar-refractivity contribution in [2.24, 2.45) is 0 Å². The number of aliphatic hydroxyl groups is 1. The first kappa shape index (κ1) is 16.2. The van der Waals surface area contributed by atoms with Crippen LogP contribution in [0.15, 0.2) is 0 Å². The second-order valence-electron chi connectivity index (χ2n) is 7.12. The smallest absolute Gasteiger partial charge is 0.0702 e. The maximum absolute atomic E-state index is 9.71. The summed E-state index contributed by atoms with van der Waals surface area (Å²) in [6, 6.07) is 1.08. The molecule has 4 nitrogen and oxygen atoms in total. The molecule has 1 heterocycles. The summed E-state index contributed by atoms with van der Waals surface area (Å²) < 4.78 is 5.82. The zero-order valence-corrected chi connectivity index (χ0v) is 13.4. The third-order valence-corrected chi connectivity index (χ3v) is 4.74. The summed E-state index contributed by atoms with van der Waals surface area (Å²) in [4.78, 5) is 2.39. The van der Waals surface area contributed by atoms with Gasteiger partial charge in [-0.2, -0.15) is 0 Å². The van der Waals surface area contributed by atoms with Crippen molar-refractivity contribution < 1.29 is 9.84 Å². The molecule has 0 aromatic rings. The van der Waals surface area contributed by atoms with Gasteiger partial charge in [0.15, 0.2) is 0 Å². The average Bonchev–Trinajstić information content (AvgIpc) is 3.23. The van der Waals surface area contributed by atoms with Crippen LogP contribution < -0.4 is 5.32 Å². The lowest BCUT2D eigenvalue weighted by atomic mass is 9.93. The molecule has 0 radical (unpaired) electrons. The van der Waals surface area contributed by atoms with E-state index in [-0.39, 0.29) is 12.1 Å².